The smallest absolute Gasteiger partial charge is 0.0606 e. The van der Waals surface area contributed by atoms with Crippen LogP contribution < -0.4 is 15.5 Å². The van der Waals surface area contributed by atoms with Crippen molar-refractivity contribution < 1.29 is 5.11 Å². The van der Waals surface area contributed by atoms with Crippen LogP contribution >= 0.6 is 9.24 Å². The van der Waals surface area contributed by atoms with Gasteiger partial charge in [0, 0.05) is 54.9 Å². The molecule has 198 valence electrons. The van der Waals surface area contributed by atoms with E-state index in [1.807, 2.05) is 6.21 Å². The summed E-state index contributed by atoms with van der Waals surface area (Å²) in [4.78, 5) is 7.34. The molecule has 1 unspecified atom stereocenters. The molecule has 2 N–H and O–H groups in total. The van der Waals surface area contributed by atoms with Crippen LogP contribution in [0.4, 0.5) is 5.69 Å². The summed E-state index contributed by atoms with van der Waals surface area (Å²) in [5.41, 5.74) is 8.30. The first-order chi connectivity index (χ1) is 18.1. The van der Waals surface area contributed by atoms with Gasteiger partial charge in [-0.25, -0.2) is 0 Å². The fourth-order valence-corrected chi connectivity index (χ4v) is 4.93. The van der Waals surface area contributed by atoms with Crippen molar-refractivity contribution in [3.8, 4) is 0 Å². The molecular formula is C32H44N3OP. The molecule has 0 spiro atoms. The highest BCUT2D eigenvalue weighted by Crippen LogP contribution is 2.31. The van der Waals surface area contributed by atoms with Crippen LogP contribution in [0, 0.1) is 0 Å². The molecule has 0 saturated carbocycles. The van der Waals surface area contributed by atoms with E-state index in [-0.39, 0.29) is 6.61 Å². The van der Waals surface area contributed by atoms with Crippen molar-refractivity contribution >= 4 is 32.0 Å². The monoisotopic (exact) mass is 517 g/mol. The Kier molecular flexibility index (Phi) is 12.1. The molecule has 1 aliphatic rings. The van der Waals surface area contributed by atoms with Crippen molar-refractivity contribution in [2.75, 3.05) is 31.1 Å². The number of allylic oxidation sites excluding steroid dienone is 5. The Morgan fingerprint density at radius 2 is 1.86 bits per heavy atom. The summed E-state index contributed by atoms with van der Waals surface area (Å²) >= 11 is 0. The minimum absolute atomic E-state index is 0.164. The number of nitrogens with zero attached hydrogens (tertiary/aromatic N) is 2. The van der Waals surface area contributed by atoms with Gasteiger partial charge in [-0.05, 0) is 60.3 Å². The van der Waals surface area contributed by atoms with Crippen molar-refractivity contribution in [3.05, 3.63) is 88.8 Å². The molecule has 0 aromatic heterocycles. The van der Waals surface area contributed by atoms with Crippen LogP contribution in [0.3, 0.4) is 0 Å². The molecule has 0 bridgehead atoms. The molecule has 0 saturated heterocycles. The quantitative estimate of drug-likeness (QED) is 0.224. The van der Waals surface area contributed by atoms with Crippen LogP contribution in [0.1, 0.15) is 64.0 Å². The topological polar surface area (TPSA) is 47.9 Å². The molecular weight excluding hydrogens is 473 g/mol. The van der Waals surface area contributed by atoms with E-state index in [1.54, 1.807) is 0 Å². The standard InChI is InChI=1S/C32H44N3OP/c1-4-7-18-33-31(6-3)27-14-17-30(32(34-24-27)23-25-10-9-11-29(37)22-25)26-12-15-28(16-13-26)35(20-21-36)19-8-5-2/h6,9-16,22,24,33,36H,4-5,7-8,17-21,23,37H2,1-3H3/b31-6+. The first kappa shape index (κ1) is 28.9. The van der Waals surface area contributed by atoms with Gasteiger partial charge in [-0.15, -0.1) is 9.24 Å². The van der Waals surface area contributed by atoms with Gasteiger partial charge in [-0.3, -0.25) is 4.99 Å². The number of hydrogen-bond donors (Lipinski definition) is 2. The molecule has 1 aliphatic heterocycles. The lowest BCUT2D eigenvalue weighted by Crippen LogP contribution is -2.27. The lowest BCUT2D eigenvalue weighted by atomic mass is 9.96. The predicted octanol–water partition coefficient (Wildman–Crippen LogP) is 6.43. The summed E-state index contributed by atoms with van der Waals surface area (Å²) in [7, 11) is 2.80. The molecule has 1 atom stereocenters. The summed E-state index contributed by atoms with van der Waals surface area (Å²) < 4.78 is 0. The minimum Gasteiger partial charge on any atom is -0.395 e. The Morgan fingerprint density at radius 3 is 2.54 bits per heavy atom. The van der Waals surface area contributed by atoms with Crippen LogP contribution in [0.2, 0.25) is 0 Å². The van der Waals surface area contributed by atoms with Gasteiger partial charge in [0.05, 0.1) is 6.61 Å². The van der Waals surface area contributed by atoms with Gasteiger partial charge in [0.25, 0.3) is 0 Å². The molecule has 2 aromatic rings. The Balaban J connectivity index is 1.93. The van der Waals surface area contributed by atoms with Crippen LogP contribution in [-0.2, 0) is 6.42 Å². The zero-order valence-corrected chi connectivity index (χ0v) is 24.0. The number of aliphatic imine (C=N–C) groups is 1. The second kappa shape index (κ2) is 15.5. The molecule has 4 nitrogen and oxygen atoms in total. The summed E-state index contributed by atoms with van der Waals surface area (Å²) in [5.74, 6) is 0. The largest absolute Gasteiger partial charge is 0.395 e. The summed E-state index contributed by atoms with van der Waals surface area (Å²) in [6.45, 7) is 9.26. The van der Waals surface area contributed by atoms with E-state index in [9.17, 15) is 5.11 Å². The molecule has 0 aliphatic carbocycles. The average Bonchev–Trinajstić information content (AvgIpc) is 3.12. The van der Waals surface area contributed by atoms with E-state index in [1.165, 1.54) is 28.4 Å². The zero-order valence-electron chi connectivity index (χ0n) is 22.8. The molecule has 3 rings (SSSR count). The summed E-state index contributed by atoms with van der Waals surface area (Å²) in [5, 5.41) is 14.3. The SMILES string of the molecule is C/C=C(/NCCCC)C1=CCC(c2ccc(N(CCO)CCCC)cc2)=C(Cc2cccc(P)c2)N=C1. The lowest BCUT2D eigenvalue weighted by Gasteiger charge is -2.24. The summed E-state index contributed by atoms with van der Waals surface area (Å²) in [6.07, 6.45) is 12.7. The number of rotatable bonds is 14. The van der Waals surface area contributed by atoms with Gasteiger partial charge in [-0.2, -0.15) is 0 Å². The third-order valence-corrected chi connectivity index (χ3v) is 7.09. The molecule has 5 heteroatoms. The van der Waals surface area contributed by atoms with Crippen molar-refractivity contribution in [2.24, 2.45) is 4.99 Å². The second-order valence-electron chi connectivity index (χ2n) is 9.56. The molecule has 0 fully saturated rings. The maximum atomic E-state index is 9.56. The van der Waals surface area contributed by atoms with Gasteiger partial charge < -0.3 is 15.3 Å². The first-order valence-electron chi connectivity index (χ1n) is 13.8. The average molecular weight is 518 g/mol. The molecule has 2 aromatic carbocycles. The van der Waals surface area contributed by atoms with E-state index in [0.29, 0.717) is 6.54 Å². The highest BCUT2D eigenvalue weighted by Gasteiger charge is 2.15. The van der Waals surface area contributed by atoms with Crippen molar-refractivity contribution in [1.29, 1.82) is 0 Å². The predicted molar refractivity (Wildman–Crippen MR) is 165 cm³/mol. The number of anilines is 1. The molecule has 0 amide bonds. The number of benzene rings is 2. The Labute approximate surface area is 226 Å². The van der Waals surface area contributed by atoms with Crippen molar-refractivity contribution in [3.63, 3.8) is 0 Å². The van der Waals surface area contributed by atoms with Crippen LogP contribution in [-0.4, -0.2) is 37.6 Å². The van der Waals surface area contributed by atoms with E-state index in [2.05, 4.69) is 101 Å². The highest BCUT2D eigenvalue weighted by atomic mass is 31.0. The lowest BCUT2D eigenvalue weighted by molar-refractivity contribution is 0.301. The number of aliphatic hydroxyl groups excluding tert-OH is 1. The Hall–Kier alpha value is -2.68. The van der Waals surface area contributed by atoms with Crippen molar-refractivity contribution in [2.45, 2.75) is 59.3 Å². The van der Waals surface area contributed by atoms with Crippen LogP contribution in [0.25, 0.3) is 5.57 Å². The maximum Gasteiger partial charge on any atom is 0.0606 e. The molecule has 37 heavy (non-hydrogen) atoms. The third kappa shape index (κ3) is 8.69. The molecule has 1 heterocycles. The number of nitrogens with one attached hydrogen (secondary N) is 1. The Morgan fingerprint density at radius 1 is 1.08 bits per heavy atom. The van der Waals surface area contributed by atoms with E-state index >= 15 is 0 Å². The maximum absolute atomic E-state index is 9.56. The molecule has 0 radical (unpaired) electrons. The Bertz CT molecular complexity index is 1120. The third-order valence-electron chi connectivity index (χ3n) is 6.73. The van der Waals surface area contributed by atoms with Crippen molar-refractivity contribution in [1.82, 2.24) is 5.32 Å². The fourth-order valence-electron chi connectivity index (χ4n) is 4.60. The number of aliphatic hydroxyl groups is 1. The fraction of sp³-hybridized carbons (Fsp3) is 0.406. The number of hydrogen-bond acceptors (Lipinski definition) is 4. The van der Waals surface area contributed by atoms with E-state index in [0.717, 1.165) is 67.8 Å². The van der Waals surface area contributed by atoms with Crippen LogP contribution in [0.5, 0.6) is 0 Å². The number of unbranched alkanes of at least 4 members (excludes halogenated alkanes) is 2. The van der Waals surface area contributed by atoms with Gasteiger partial charge >= 0.3 is 0 Å². The van der Waals surface area contributed by atoms with Crippen LogP contribution in [0.15, 0.2) is 82.6 Å². The van der Waals surface area contributed by atoms with Gasteiger partial charge in [0.1, 0.15) is 0 Å². The van der Waals surface area contributed by atoms with E-state index in [4.69, 9.17) is 4.99 Å². The second-order valence-corrected chi connectivity index (χ2v) is 10.2. The van der Waals surface area contributed by atoms with Gasteiger partial charge in [-0.1, -0.05) is 75.2 Å². The van der Waals surface area contributed by atoms with Gasteiger partial charge in [0.15, 0.2) is 0 Å². The first-order valence-corrected chi connectivity index (χ1v) is 14.3. The van der Waals surface area contributed by atoms with E-state index < -0.39 is 0 Å². The highest BCUT2D eigenvalue weighted by molar-refractivity contribution is 7.27. The summed E-state index contributed by atoms with van der Waals surface area (Å²) in [6, 6.07) is 17.4. The van der Waals surface area contributed by atoms with Gasteiger partial charge in [0.2, 0.25) is 0 Å². The normalized spacial score (nSPS) is 14.0. The minimum atomic E-state index is 0.164. The zero-order chi connectivity index (χ0) is 26.5.